The van der Waals surface area contributed by atoms with Crippen LogP contribution in [0.15, 0.2) is 49.2 Å². The highest BCUT2D eigenvalue weighted by Gasteiger charge is 2.33. The SMILES string of the molecule is Cc1cnccc1-c1cnc2nc(C3C=CCCC3(C)N)cn2c1. The van der Waals surface area contributed by atoms with E-state index in [1.807, 2.05) is 29.1 Å². The zero-order chi connectivity index (χ0) is 16.7. The van der Waals surface area contributed by atoms with E-state index in [2.05, 4.69) is 42.2 Å². The molecule has 0 aliphatic heterocycles. The van der Waals surface area contributed by atoms with Crippen molar-refractivity contribution in [1.82, 2.24) is 19.4 Å². The largest absolute Gasteiger partial charge is 0.324 e. The molecule has 0 aromatic carbocycles. The molecule has 0 radical (unpaired) electrons. The normalized spacial score (nSPS) is 23.7. The fraction of sp³-hybridized carbons (Fsp3) is 0.316. The molecule has 5 nitrogen and oxygen atoms in total. The summed E-state index contributed by atoms with van der Waals surface area (Å²) < 4.78 is 1.99. The molecule has 4 rings (SSSR count). The van der Waals surface area contributed by atoms with Gasteiger partial charge in [0.25, 0.3) is 0 Å². The van der Waals surface area contributed by atoms with Crippen molar-refractivity contribution >= 4 is 5.78 Å². The summed E-state index contributed by atoms with van der Waals surface area (Å²) in [5, 5.41) is 0. The van der Waals surface area contributed by atoms with Crippen LogP contribution in [0.1, 0.15) is 36.9 Å². The van der Waals surface area contributed by atoms with Crippen LogP contribution in [-0.2, 0) is 0 Å². The third-order valence-corrected chi connectivity index (χ3v) is 4.87. The number of imidazole rings is 1. The van der Waals surface area contributed by atoms with Gasteiger partial charge in [-0.25, -0.2) is 9.97 Å². The first-order valence-corrected chi connectivity index (χ1v) is 8.26. The van der Waals surface area contributed by atoms with Gasteiger partial charge in [0.05, 0.1) is 5.69 Å². The molecule has 2 unspecified atom stereocenters. The van der Waals surface area contributed by atoms with Crippen LogP contribution in [0.3, 0.4) is 0 Å². The second-order valence-corrected chi connectivity index (χ2v) is 6.86. The Bertz CT molecular complexity index is 922. The summed E-state index contributed by atoms with van der Waals surface area (Å²) in [5.74, 6) is 0.828. The molecule has 24 heavy (non-hydrogen) atoms. The van der Waals surface area contributed by atoms with E-state index in [0.29, 0.717) is 5.78 Å². The first-order valence-electron chi connectivity index (χ1n) is 8.26. The maximum atomic E-state index is 6.49. The lowest BCUT2D eigenvalue weighted by Crippen LogP contribution is -2.43. The molecule has 3 aromatic rings. The molecule has 3 heterocycles. The first-order chi connectivity index (χ1) is 11.5. The standard InChI is InChI=1S/C19H21N5/c1-13-9-21-8-6-15(13)14-10-22-18-23-17(12-24(18)11-14)16-5-3-4-7-19(16,2)20/h3,5-6,8-12,16H,4,7,20H2,1-2H3. The minimum atomic E-state index is -0.267. The third-order valence-electron chi connectivity index (χ3n) is 4.87. The molecule has 3 aromatic heterocycles. The van der Waals surface area contributed by atoms with E-state index in [1.165, 1.54) is 0 Å². The van der Waals surface area contributed by atoms with E-state index in [9.17, 15) is 0 Å². The average molecular weight is 319 g/mol. The van der Waals surface area contributed by atoms with E-state index in [1.54, 1.807) is 6.20 Å². The first kappa shape index (κ1) is 15.0. The molecule has 0 amide bonds. The number of pyridine rings is 1. The number of allylic oxidation sites excluding steroid dienone is 1. The van der Waals surface area contributed by atoms with Gasteiger partial charge in [0, 0.05) is 48.0 Å². The Balaban J connectivity index is 1.78. The average Bonchev–Trinajstić information content (AvgIpc) is 2.97. The Morgan fingerprint density at radius 3 is 2.96 bits per heavy atom. The van der Waals surface area contributed by atoms with Crippen molar-refractivity contribution in [3.05, 3.63) is 60.5 Å². The number of aryl methyl sites for hydroxylation is 1. The van der Waals surface area contributed by atoms with Crippen molar-refractivity contribution in [2.45, 2.75) is 38.1 Å². The van der Waals surface area contributed by atoms with Crippen LogP contribution in [0.4, 0.5) is 0 Å². The zero-order valence-corrected chi connectivity index (χ0v) is 14.0. The molecule has 2 atom stereocenters. The van der Waals surface area contributed by atoms with Crippen LogP contribution in [0.25, 0.3) is 16.9 Å². The van der Waals surface area contributed by atoms with Crippen molar-refractivity contribution < 1.29 is 0 Å². The minimum absolute atomic E-state index is 0.124. The second kappa shape index (κ2) is 5.53. The van der Waals surface area contributed by atoms with Crippen LogP contribution in [0, 0.1) is 6.92 Å². The number of nitrogens with zero attached hydrogens (tertiary/aromatic N) is 4. The van der Waals surface area contributed by atoms with Gasteiger partial charge < -0.3 is 5.73 Å². The fourth-order valence-corrected chi connectivity index (χ4v) is 3.43. The lowest BCUT2D eigenvalue weighted by atomic mass is 9.77. The number of fused-ring (bicyclic) bond motifs is 1. The highest BCUT2D eigenvalue weighted by Crippen LogP contribution is 2.34. The maximum absolute atomic E-state index is 6.49. The van der Waals surface area contributed by atoms with Gasteiger partial charge in [-0.2, -0.15) is 0 Å². The Kier molecular flexibility index (Phi) is 3.46. The number of aromatic nitrogens is 4. The lowest BCUT2D eigenvalue weighted by Gasteiger charge is -2.33. The minimum Gasteiger partial charge on any atom is -0.324 e. The van der Waals surface area contributed by atoms with Gasteiger partial charge in [-0.3, -0.25) is 9.38 Å². The monoisotopic (exact) mass is 319 g/mol. The molecule has 1 aliphatic carbocycles. The molecule has 2 N–H and O–H groups in total. The van der Waals surface area contributed by atoms with Gasteiger partial charge in [-0.1, -0.05) is 12.2 Å². The van der Waals surface area contributed by atoms with Crippen LogP contribution in [0.5, 0.6) is 0 Å². The Morgan fingerprint density at radius 2 is 2.17 bits per heavy atom. The van der Waals surface area contributed by atoms with E-state index in [-0.39, 0.29) is 11.5 Å². The quantitative estimate of drug-likeness (QED) is 0.736. The molecular formula is C19H21N5. The van der Waals surface area contributed by atoms with Gasteiger partial charge in [0.15, 0.2) is 0 Å². The topological polar surface area (TPSA) is 69.1 Å². The summed E-state index contributed by atoms with van der Waals surface area (Å²) >= 11 is 0. The Morgan fingerprint density at radius 1 is 1.29 bits per heavy atom. The molecule has 0 saturated carbocycles. The molecule has 1 aliphatic rings. The summed E-state index contributed by atoms with van der Waals surface area (Å²) in [5.41, 5.74) is 10.5. The van der Waals surface area contributed by atoms with Crippen LogP contribution in [-0.4, -0.2) is 24.9 Å². The summed E-state index contributed by atoms with van der Waals surface area (Å²) in [4.78, 5) is 13.4. The van der Waals surface area contributed by atoms with Crippen LogP contribution < -0.4 is 5.73 Å². The van der Waals surface area contributed by atoms with Crippen LogP contribution in [0.2, 0.25) is 0 Å². The molecule has 122 valence electrons. The number of rotatable bonds is 2. The van der Waals surface area contributed by atoms with E-state index < -0.39 is 0 Å². The Labute approximate surface area is 141 Å². The van der Waals surface area contributed by atoms with Crippen molar-refractivity contribution in [3.8, 4) is 11.1 Å². The smallest absolute Gasteiger partial charge is 0.233 e. The highest BCUT2D eigenvalue weighted by atomic mass is 15.1. The summed E-state index contributed by atoms with van der Waals surface area (Å²) in [6.07, 6.45) is 16.0. The van der Waals surface area contributed by atoms with Gasteiger partial charge in [0.2, 0.25) is 5.78 Å². The predicted molar refractivity (Wildman–Crippen MR) is 94.7 cm³/mol. The van der Waals surface area contributed by atoms with E-state index in [0.717, 1.165) is 35.2 Å². The number of hydrogen-bond donors (Lipinski definition) is 1. The lowest BCUT2D eigenvalue weighted by molar-refractivity contribution is 0.376. The van der Waals surface area contributed by atoms with Gasteiger partial charge >= 0.3 is 0 Å². The molecule has 0 bridgehead atoms. The van der Waals surface area contributed by atoms with Gasteiger partial charge in [0.1, 0.15) is 0 Å². The summed E-state index contributed by atoms with van der Waals surface area (Å²) in [6, 6.07) is 2.01. The number of nitrogens with two attached hydrogens (primary N) is 1. The van der Waals surface area contributed by atoms with Crippen LogP contribution >= 0.6 is 0 Å². The van der Waals surface area contributed by atoms with E-state index >= 15 is 0 Å². The summed E-state index contributed by atoms with van der Waals surface area (Å²) in [6.45, 7) is 4.16. The maximum Gasteiger partial charge on any atom is 0.233 e. The van der Waals surface area contributed by atoms with Gasteiger partial charge in [-0.05, 0) is 43.9 Å². The molecule has 0 spiro atoms. The van der Waals surface area contributed by atoms with E-state index in [4.69, 9.17) is 10.7 Å². The number of hydrogen-bond acceptors (Lipinski definition) is 4. The predicted octanol–water partition coefficient (Wildman–Crippen LogP) is 3.25. The second-order valence-electron chi connectivity index (χ2n) is 6.86. The van der Waals surface area contributed by atoms with Crippen molar-refractivity contribution in [1.29, 1.82) is 0 Å². The molecular weight excluding hydrogens is 298 g/mol. The Hall–Kier alpha value is -2.53. The van der Waals surface area contributed by atoms with Crippen molar-refractivity contribution in [3.63, 3.8) is 0 Å². The molecule has 0 saturated heterocycles. The molecule has 0 fully saturated rings. The highest BCUT2D eigenvalue weighted by molar-refractivity contribution is 5.65. The van der Waals surface area contributed by atoms with Crippen molar-refractivity contribution in [2.75, 3.05) is 0 Å². The molecule has 5 heteroatoms. The van der Waals surface area contributed by atoms with Crippen molar-refractivity contribution in [2.24, 2.45) is 5.73 Å². The summed E-state index contributed by atoms with van der Waals surface area (Å²) in [7, 11) is 0. The third kappa shape index (κ3) is 2.51. The fourth-order valence-electron chi connectivity index (χ4n) is 3.43. The zero-order valence-electron chi connectivity index (χ0n) is 14.0. The van der Waals surface area contributed by atoms with Gasteiger partial charge in [-0.15, -0.1) is 0 Å².